The number of ether oxygens (including phenoxy) is 1. The summed E-state index contributed by atoms with van der Waals surface area (Å²) in [4.78, 5) is 25.0. The van der Waals surface area contributed by atoms with E-state index in [1.807, 2.05) is 18.7 Å². The number of piperazine rings is 1. The molecule has 1 aromatic heterocycles. The predicted octanol–water partition coefficient (Wildman–Crippen LogP) is 2.37. The van der Waals surface area contributed by atoms with Crippen LogP contribution in [0.15, 0.2) is 36.5 Å². The number of nitrogens with zero attached hydrogens (tertiary/aromatic N) is 4. The van der Waals surface area contributed by atoms with Crippen molar-refractivity contribution >= 4 is 11.9 Å². The first-order valence-corrected chi connectivity index (χ1v) is 8.32. The van der Waals surface area contributed by atoms with Crippen LogP contribution < -0.4 is 9.64 Å². The minimum atomic E-state index is -0.345. The molecule has 0 unspecified atom stereocenters. The number of anilines is 1. The molecule has 0 bridgehead atoms. The monoisotopic (exact) mass is 344 g/mol. The van der Waals surface area contributed by atoms with E-state index in [9.17, 15) is 9.18 Å². The molecule has 1 aliphatic heterocycles. The minimum Gasteiger partial charge on any atom is -0.475 e. The van der Waals surface area contributed by atoms with E-state index in [1.165, 1.54) is 24.3 Å². The predicted molar refractivity (Wildman–Crippen MR) is 92.3 cm³/mol. The molecular weight excluding hydrogens is 323 g/mol. The highest BCUT2D eigenvalue weighted by Gasteiger charge is 2.23. The molecule has 1 aromatic carbocycles. The molecule has 0 radical (unpaired) electrons. The fourth-order valence-electron chi connectivity index (χ4n) is 2.68. The zero-order valence-corrected chi connectivity index (χ0v) is 14.4. The summed E-state index contributed by atoms with van der Waals surface area (Å²) in [5.74, 6) is 0.719. The van der Waals surface area contributed by atoms with Gasteiger partial charge in [-0.1, -0.05) is 0 Å². The van der Waals surface area contributed by atoms with Crippen LogP contribution in [0.2, 0.25) is 0 Å². The Balaban J connectivity index is 1.62. The van der Waals surface area contributed by atoms with Crippen LogP contribution in [-0.4, -0.2) is 53.1 Å². The minimum absolute atomic E-state index is 0.0490. The lowest BCUT2D eigenvalue weighted by Gasteiger charge is -2.34. The molecule has 0 saturated carbocycles. The third-order valence-electron chi connectivity index (χ3n) is 3.91. The van der Waals surface area contributed by atoms with Gasteiger partial charge >= 0.3 is 0 Å². The molecule has 1 aliphatic rings. The van der Waals surface area contributed by atoms with E-state index in [4.69, 9.17) is 4.74 Å². The molecule has 132 valence electrons. The number of carbonyl (C=O) groups is 1. The Morgan fingerprint density at radius 2 is 1.80 bits per heavy atom. The first-order chi connectivity index (χ1) is 12.0. The lowest BCUT2D eigenvalue weighted by molar-refractivity contribution is 0.0746. The van der Waals surface area contributed by atoms with E-state index in [0.717, 1.165) is 0 Å². The highest BCUT2D eigenvalue weighted by Crippen LogP contribution is 2.17. The number of carbonyl (C=O) groups excluding carboxylic acids is 1. The normalized spacial score (nSPS) is 14.7. The average molecular weight is 344 g/mol. The van der Waals surface area contributed by atoms with Crippen LogP contribution in [-0.2, 0) is 0 Å². The molecule has 6 nitrogen and oxygen atoms in total. The summed E-state index contributed by atoms with van der Waals surface area (Å²) in [7, 11) is 0. The van der Waals surface area contributed by atoms with Gasteiger partial charge in [0.05, 0.1) is 6.10 Å². The van der Waals surface area contributed by atoms with Gasteiger partial charge in [0.25, 0.3) is 5.91 Å². The zero-order chi connectivity index (χ0) is 17.8. The smallest absolute Gasteiger partial charge is 0.253 e. The summed E-state index contributed by atoms with van der Waals surface area (Å²) in [6.45, 7) is 6.29. The van der Waals surface area contributed by atoms with E-state index < -0.39 is 0 Å². The number of amides is 1. The van der Waals surface area contributed by atoms with Crippen molar-refractivity contribution in [2.45, 2.75) is 20.0 Å². The fraction of sp³-hybridized carbons (Fsp3) is 0.389. The van der Waals surface area contributed by atoms with Crippen LogP contribution in [0.25, 0.3) is 0 Å². The Kier molecular flexibility index (Phi) is 5.11. The zero-order valence-electron chi connectivity index (χ0n) is 14.4. The van der Waals surface area contributed by atoms with Crippen molar-refractivity contribution in [2.24, 2.45) is 0 Å². The highest BCUT2D eigenvalue weighted by atomic mass is 19.1. The maximum absolute atomic E-state index is 13.0. The van der Waals surface area contributed by atoms with E-state index in [0.29, 0.717) is 43.6 Å². The van der Waals surface area contributed by atoms with E-state index in [2.05, 4.69) is 9.97 Å². The number of rotatable bonds is 4. The van der Waals surface area contributed by atoms with Crippen molar-refractivity contribution in [3.8, 4) is 5.88 Å². The third-order valence-corrected chi connectivity index (χ3v) is 3.91. The van der Waals surface area contributed by atoms with Crippen molar-refractivity contribution in [1.29, 1.82) is 0 Å². The van der Waals surface area contributed by atoms with Gasteiger partial charge in [0.2, 0.25) is 11.8 Å². The SMILES string of the molecule is CC(C)Oc1ccnc(N2CCN(C(=O)c3ccc(F)cc3)CC2)n1. The van der Waals surface area contributed by atoms with Crippen LogP contribution in [0.3, 0.4) is 0 Å². The molecule has 0 spiro atoms. The molecule has 2 heterocycles. The summed E-state index contributed by atoms with van der Waals surface area (Å²) in [5, 5.41) is 0. The summed E-state index contributed by atoms with van der Waals surface area (Å²) in [6.07, 6.45) is 1.73. The Labute approximate surface area is 146 Å². The fourth-order valence-corrected chi connectivity index (χ4v) is 2.68. The summed E-state index contributed by atoms with van der Waals surface area (Å²) in [5.41, 5.74) is 0.499. The summed E-state index contributed by atoms with van der Waals surface area (Å²) >= 11 is 0. The second kappa shape index (κ2) is 7.46. The Hall–Kier alpha value is -2.70. The molecule has 2 aromatic rings. The second-order valence-electron chi connectivity index (χ2n) is 6.15. The van der Waals surface area contributed by atoms with Crippen molar-refractivity contribution in [3.63, 3.8) is 0 Å². The maximum Gasteiger partial charge on any atom is 0.253 e. The molecule has 0 aliphatic carbocycles. The number of benzene rings is 1. The van der Waals surface area contributed by atoms with Gasteiger partial charge in [-0.15, -0.1) is 0 Å². The Bertz CT molecular complexity index is 728. The van der Waals surface area contributed by atoms with E-state index in [-0.39, 0.29) is 17.8 Å². The molecule has 1 saturated heterocycles. The quantitative estimate of drug-likeness (QED) is 0.852. The third kappa shape index (κ3) is 4.23. The Morgan fingerprint density at radius 3 is 2.44 bits per heavy atom. The van der Waals surface area contributed by atoms with Gasteiger partial charge in [0.1, 0.15) is 5.82 Å². The van der Waals surface area contributed by atoms with Crippen molar-refractivity contribution in [2.75, 3.05) is 31.1 Å². The Morgan fingerprint density at radius 1 is 1.12 bits per heavy atom. The van der Waals surface area contributed by atoms with Gasteiger partial charge in [-0.3, -0.25) is 4.79 Å². The topological polar surface area (TPSA) is 58.6 Å². The molecule has 0 atom stereocenters. The number of aromatic nitrogens is 2. The summed E-state index contributed by atoms with van der Waals surface area (Å²) in [6, 6.07) is 7.37. The number of hydrogen-bond donors (Lipinski definition) is 0. The first-order valence-electron chi connectivity index (χ1n) is 8.32. The van der Waals surface area contributed by atoms with Gasteiger partial charge in [-0.05, 0) is 38.1 Å². The molecule has 25 heavy (non-hydrogen) atoms. The van der Waals surface area contributed by atoms with Crippen molar-refractivity contribution in [1.82, 2.24) is 14.9 Å². The lowest BCUT2D eigenvalue weighted by Crippen LogP contribution is -2.49. The standard InChI is InChI=1S/C18H21FN4O2/c1-13(2)25-16-7-8-20-18(21-16)23-11-9-22(10-12-23)17(24)14-3-5-15(19)6-4-14/h3-8,13H,9-12H2,1-2H3. The number of hydrogen-bond acceptors (Lipinski definition) is 5. The average Bonchev–Trinajstić information content (AvgIpc) is 2.62. The van der Waals surface area contributed by atoms with E-state index in [1.54, 1.807) is 17.2 Å². The van der Waals surface area contributed by atoms with Gasteiger partial charge in [-0.2, -0.15) is 4.98 Å². The van der Waals surface area contributed by atoms with Crippen molar-refractivity contribution < 1.29 is 13.9 Å². The van der Waals surface area contributed by atoms with Crippen LogP contribution in [0.4, 0.5) is 10.3 Å². The largest absolute Gasteiger partial charge is 0.475 e. The highest BCUT2D eigenvalue weighted by molar-refractivity contribution is 5.94. The molecule has 7 heteroatoms. The first kappa shape index (κ1) is 17.1. The molecule has 0 N–H and O–H groups in total. The van der Waals surface area contributed by atoms with Gasteiger partial charge in [0.15, 0.2) is 0 Å². The summed E-state index contributed by atoms with van der Waals surface area (Å²) < 4.78 is 18.6. The van der Waals surface area contributed by atoms with Gasteiger partial charge in [-0.25, -0.2) is 9.37 Å². The van der Waals surface area contributed by atoms with Crippen LogP contribution in [0.5, 0.6) is 5.88 Å². The molecular formula is C18H21FN4O2. The van der Waals surface area contributed by atoms with Crippen molar-refractivity contribution in [3.05, 3.63) is 47.9 Å². The molecule has 1 amide bonds. The number of halogens is 1. The van der Waals surface area contributed by atoms with E-state index >= 15 is 0 Å². The van der Waals surface area contributed by atoms with Crippen LogP contribution in [0, 0.1) is 5.82 Å². The van der Waals surface area contributed by atoms with Gasteiger partial charge < -0.3 is 14.5 Å². The van der Waals surface area contributed by atoms with Crippen LogP contribution in [0.1, 0.15) is 24.2 Å². The van der Waals surface area contributed by atoms with Gasteiger partial charge in [0, 0.05) is 44.0 Å². The molecule has 3 rings (SSSR count). The maximum atomic E-state index is 13.0. The van der Waals surface area contributed by atoms with Crippen LogP contribution >= 0.6 is 0 Å². The molecule has 1 fully saturated rings. The second-order valence-corrected chi connectivity index (χ2v) is 6.15. The lowest BCUT2D eigenvalue weighted by atomic mass is 10.2.